The molecule has 18 heavy (non-hydrogen) atoms. The monoisotopic (exact) mass is 249 g/mol. The molecule has 0 fully saturated rings. The van der Waals surface area contributed by atoms with Gasteiger partial charge in [-0.05, 0) is 24.1 Å². The van der Waals surface area contributed by atoms with Crippen LogP contribution in [-0.2, 0) is 6.42 Å². The Labute approximate surface area is 104 Å². The Bertz CT molecular complexity index is 546. The minimum absolute atomic E-state index is 0.0275. The van der Waals surface area contributed by atoms with Gasteiger partial charge in [-0.3, -0.25) is 0 Å². The lowest BCUT2D eigenvalue weighted by atomic mass is 10.2. The lowest BCUT2D eigenvalue weighted by Crippen LogP contribution is -1.96. The van der Waals surface area contributed by atoms with Gasteiger partial charge >= 0.3 is 0 Å². The molecule has 0 bridgehead atoms. The fraction of sp³-hybridized carbons (Fsp3) is 0.143. The van der Waals surface area contributed by atoms with E-state index in [4.69, 9.17) is 10.5 Å². The highest BCUT2D eigenvalue weighted by atomic mass is 19.1. The Balaban J connectivity index is 2.33. The van der Waals surface area contributed by atoms with Gasteiger partial charge in [0.25, 0.3) is 0 Å². The molecule has 0 aliphatic carbocycles. The average molecular weight is 249 g/mol. The molecule has 0 saturated carbocycles. The Hall–Kier alpha value is -2.10. The minimum Gasteiger partial charge on any atom is -0.451 e. The zero-order valence-electron chi connectivity index (χ0n) is 9.91. The zero-order chi connectivity index (χ0) is 13.1. The first-order chi connectivity index (χ1) is 8.60. The van der Waals surface area contributed by atoms with Crippen LogP contribution in [0.15, 0.2) is 36.4 Å². The van der Waals surface area contributed by atoms with Crippen molar-refractivity contribution < 1.29 is 13.5 Å². The van der Waals surface area contributed by atoms with Crippen molar-refractivity contribution in [3.8, 4) is 11.5 Å². The summed E-state index contributed by atoms with van der Waals surface area (Å²) in [7, 11) is 0. The third-order valence-corrected chi connectivity index (χ3v) is 2.55. The van der Waals surface area contributed by atoms with E-state index in [0.717, 1.165) is 24.1 Å². The molecular weight excluding hydrogens is 236 g/mol. The molecule has 2 aromatic rings. The summed E-state index contributed by atoms with van der Waals surface area (Å²) in [5.41, 5.74) is 6.39. The van der Waals surface area contributed by atoms with Crippen LogP contribution < -0.4 is 10.5 Å². The minimum atomic E-state index is -0.811. The molecule has 0 aromatic heterocycles. The molecule has 0 atom stereocenters. The SMILES string of the molecule is CCc1cccc(Oc2c(F)cc(N)cc2F)c1. The lowest BCUT2D eigenvalue weighted by molar-refractivity contribution is 0.407. The first-order valence-electron chi connectivity index (χ1n) is 5.61. The van der Waals surface area contributed by atoms with Crippen LogP contribution in [-0.4, -0.2) is 0 Å². The van der Waals surface area contributed by atoms with Gasteiger partial charge in [0.05, 0.1) is 0 Å². The highest BCUT2D eigenvalue weighted by molar-refractivity contribution is 5.45. The van der Waals surface area contributed by atoms with Crippen molar-refractivity contribution in [3.05, 3.63) is 53.6 Å². The van der Waals surface area contributed by atoms with Crippen molar-refractivity contribution in [2.24, 2.45) is 0 Å². The van der Waals surface area contributed by atoms with E-state index in [0.29, 0.717) is 5.75 Å². The molecule has 2 nitrogen and oxygen atoms in total. The van der Waals surface area contributed by atoms with Gasteiger partial charge in [-0.25, -0.2) is 8.78 Å². The summed E-state index contributed by atoms with van der Waals surface area (Å²) in [6.45, 7) is 1.99. The van der Waals surface area contributed by atoms with Gasteiger partial charge in [0.15, 0.2) is 17.4 Å². The second kappa shape index (κ2) is 5.04. The molecule has 0 saturated heterocycles. The van der Waals surface area contributed by atoms with Gasteiger partial charge in [0, 0.05) is 17.8 Å². The van der Waals surface area contributed by atoms with Crippen molar-refractivity contribution in [2.45, 2.75) is 13.3 Å². The maximum absolute atomic E-state index is 13.5. The maximum atomic E-state index is 13.5. The molecule has 0 aliphatic heterocycles. The van der Waals surface area contributed by atoms with Crippen molar-refractivity contribution in [2.75, 3.05) is 5.73 Å². The Morgan fingerprint density at radius 2 is 1.78 bits per heavy atom. The molecule has 0 radical (unpaired) electrons. The average Bonchev–Trinajstić information content (AvgIpc) is 2.34. The summed E-state index contributed by atoms with van der Waals surface area (Å²) in [5.74, 6) is -1.65. The number of benzene rings is 2. The van der Waals surface area contributed by atoms with Gasteiger partial charge in [-0.1, -0.05) is 19.1 Å². The summed E-state index contributed by atoms with van der Waals surface area (Å²) in [5, 5.41) is 0. The molecule has 4 heteroatoms. The predicted octanol–water partition coefficient (Wildman–Crippen LogP) is 3.90. The number of rotatable bonds is 3. The molecule has 0 aliphatic rings. The fourth-order valence-electron chi connectivity index (χ4n) is 1.62. The number of halogens is 2. The van der Waals surface area contributed by atoms with Gasteiger partial charge in [-0.15, -0.1) is 0 Å². The number of ether oxygens (including phenoxy) is 1. The maximum Gasteiger partial charge on any atom is 0.198 e. The molecule has 0 heterocycles. The van der Waals surface area contributed by atoms with E-state index in [1.807, 2.05) is 13.0 Å². The van der Waals surface area contributed by atoms with Crippen molar-refractivity contribution in [1.29, 1.82) is 0 Å². The van der Waals surface area contributed by atoms with Crippen LogP contribution in [0, 0.1) is 11.6 Å². The summed E-state index contributed by atoms with van der Waals surface area (Å²) < 4.78 is 32.3. The second-order valence-electron chi connectivity index (χ2n) is 3.92. The summed E-state index contributed by atoms with van der Waals surface area (Å²) in [6.07, 6.45) is 0.823. The largest absolute Gasteiger partial charge is 0.451 e. The van der Waals surface area contributed by atoms with Gasteiger partial charge in [0.1, 0.15) is 5.75 Å². The third-order valence-electron chi connectivity index (χ3n) is 2.55. The smallest absolute Gasteiger partial charge is 0.198 e. The number of nitrogens with two attached hydrogens (primary N) is 1. The van der Waals surface area contributed by atoms with Crippen molar-refractivity contribution in [1.82, 2.24) is 0 Å². The topological polar surface area (TPSA) is 35.2 Å². The number of hydrogen-bond acceptors (Lipinski definition) is 2. The van der Waals surface area contributed by atoms with E-state index in [1.165, 1.54) is 0 Å². The first kappa shape index (κ1) is 12.4. The molecule has 2 N–H and O–H groups in total. The van der Waals surface area contributed by atoms with Crippen molar-refractivity contribution in [3.63, 3.8) is 0 Å². The predicted molar refractivity (Wildman–Crippen MR) is 66.7 cm³/mol. The van der Waals surface area contributed by atoms with Crippen LogP contribution in [0.3, 0.4) is 0 Å². The fourth-order valence-corrected chi connectivity index (χ4v) is 1.62. The summed E-state index contributed by atoms with van der Waals surface area (Å²) in [6, 6.07) is 9.15. The van der Waals surface area contributed by atoms with Gasteiger partial charge in [-0.2, -0.15) is 0 Å². The molecule has 0 unspecified atom stereocenters. The van der Waals surface area contributed by atoms with Gasteiger partial charge < -0.3 is 10.5 Å². The lowest BCUT2D eigenvalue weighted by Gasteiger charge is -2.09. The van der Waals surface area contributed by atoms with Crippen LogP contribution in [0.5, 0.6) is 11.5 Å². The number of nitrogen functional groups attached to an aromatic ring is 1. The van der Waals surface area contributed by atoms with E-state index >= 15 is 0 Å². The second-order valence-corrected chi connectivity index (χ2v) is 3.92. The van der Waals surface area contributed by atoms with Crippen molar-refractivity contribution >= 4 is 5.69 Å². The first-order valence-corrected chi connectivity index (χ1v) is 5.61. The van der Waals surface area contributed by atoms with E-state index in [2.05, 4.69) is 0 Å². The highest BCUT2D eigenvalue weighted by Gasteiger charge is 2.12. The Morgan fingerprint density at radius 3 is 2.39 bits per heavy atom. The van der Waals surface area contributed by atoms with E-state index in [9.17, 15) is 8.78 Å². The molecule has 0 spiro atoms. The Morgan fingerprint density at radius 1 is 1.11 bits per heavy atom. The molecule has 94 valence electrons. The zero-order valence-corrected chi connectivity index (χ0v) is 9.91. The summed E-state index contributed by atoms with van der Waals surface area (Å²) >= 11 is 0. The van der Waals surface area contributed by atoms with Crippen LogP contribution in [0.2, 0.25) is 0 Å². The molecule has 2 rings (SSSR count). The highest BCUT2D eigenvalue weighted by Crippen LogP contribution is 2.29. The molecular formula is C14H13F2NO. The van der Waals surface area contributed by atoms with E-state index in [1.54, 1.807) is 18.2 Å². The quantitative estimate of drug-likeness (QED) is 0.837. The van der Waals surface area contributed by atoms with Gasteiger partial charge in [0.2, 0.25) is 0 Å². The van der Waals surface area contributed by atoms with Crippen LogP contribution in [0.1, 0.15) is 12.5 Å². The van der Waals surface area contributed by atoms with Crippen LogP contribution >= 0.6 is 0 Å². The number of anilines is 1. The number of aryl methyl sites for hydroxylation is 1. The molecule has 0 amide bonds. The van der Waals surface area contributed by atoms with Crippen LogP contribution in [0.25, 0.3) is 0 Å². The van der Waals surface area contributed by atoms with E-state index in [-0.39, 0.29) is 5.69 Å². The Kier molecular flexibility index (Phi) is 3.46. The standard InChI is InChI=1S/C14H13F2NO/c1-2-9-4-3-5-11(6-9)18-14-12(15)7-10(17)8-13(14)16/h3-8H,2,17H2,1H3. The van der Waals surface area contributed by atoms with E-state index < -0.39 is 17.4 Å². The normalized spacial score (nSPS) is 10.4. The molecule has 2 aromatic carbocycles. The number of hydrogen-bond donors (Lipinski definition) is 1. The third kappa shape index (κ3) is 2.59. The van der Waals surface area contributed by atoms with Crippen LogP contribution in [0.4, 0.5) is 14.5 Å². The summed E-state index contributed by atoms with van der Waals surface area (Å²) in [4.78, 5) is 0.